The van der Waals surface area contributed by atoms with Gasteiger partial charge in [0.2, 0.25) is 5.88 Å². The summed E-state index contributed by atoms with van der Waals surface area (Å²) in [6, 6.07) is 13.9. The molecule has 0 bridgehead atoms. The quantitative estimate of drug-likeness (QED) is 0.767. The van der Waals surface area contributed by atoms with Gasteiger partial charge in [-0.25, -0.2) is 4.98 Å². The van der Waals surface area contributed by atoms with Crippen LogP contribution in [0.1, 0.15) is 29.8 Å². The van der Waals surface area contributed by atoms with Crippen molar-refractivity contribution in [3.05, 3.63) is 59.3 Å². The second-order valence-corrected chi connectivity index (χ2v) is 4.53. The van der Waals surface area contributed by atoms with Crippen LogP contribution in [0.5, 0.6) is 5.88 Å². The Balaban J connectivity index is 2.16. The van der Waals surface area contributed by atoms with Crippen LogP contribution in [0.25, 0.3) is 0 Å². The summed E-state index contributed by atoms with van der Waals surface area (Å²) >= 11 is 5.84. The summed E-state index contributed by atoms with van der Waals surface area (Å²) in [7, 11) is 0. The zero-order valence-corrected chi connectivity index (χ0v) is 11.3. The maximum Gasteiger partial charge on any atom is 0.214 e. The molecule has 3 heteroatoms. The summed E-state index contributed by atoms with van der Waals surface area (Å²) < 4.78 is 5.85. The highest BCUT2D eigenvalue weighted by Crippen LogP contribution is 2.21. The van der Waals surface area contributed by atoms with Crippen molar-refractivity contribution in [3.63, 3.8) is 0 Å². The zero-order chi connectivity index (χ0) is 13.0. The van der Waals surface area contributed by atoms with Crippen LogP contribution >= 0.6 is 11.6 Å². The number of hydrogen-bond acceptors (Lipinski definition) is 2. The summed E-state index contributed by atoms with van der Waals surface area (Å²) in [5.74, 6) is 1.10. The molecule has 0 saturated heterocycles. The number of hydrogen-bond donors (Lipinski definition) is 0. The van der Waals surface area contributed by atoms with Crippen molar-refractivity contribution in [2.45, 2.75) is 25.8 Å². The number of nitrogens with zero attached hydrogens (tertiary/aromatic N) is 1. The lowest BCUT2D eigenvalue weighted by Gasteiger charge is -2.15. The van der Waals surface area contributed by atoms with E-state index in [0.717, 1.165) is 16.8 Å². The standard InChI is InChI=1S/C15H16ClNO/c1-11-8-13(10-16)9-15(17-11)18-12(2)14-6-4-3-5-7-14/h3-9,12H,10H2,1-2H3. The number of rotatable bonds is 4. The lowest BCUT2D eigenvalue weighted by atomic mass is 10.1. The third-order valence-electron chi connectivity index (χ3n) is 2.71. The lowest BCUT2D eigenvalue weighted by molar-refractivity contribution is 0.217. The second-order valence-electron chi connectivity index (χ2n) is 4.26. The highest BCUT2D eigenvalue weighted by atomic mass is 35.5. The van der Waals surface area contributed by atoms with E-state index in [-0.39, 0.29) is 6.10 Å². The van der Waals surface area contributed by atoms with E-state index >= 15 is 0 Å². The summed E-state index contributed by atoms with van der Waals surface area (Å²) in [5.41, 5.74) is 3.08. The van der Waals surface area contributed by atoms with Crippen LogP contribution in [-0.4, -0.2) is 4.98 Å². The van der Waals surface area contributed by atoms with Gasteiger partial charge in [-0.1, -0.05) is 30.3 Å². The minimum Gasteiger partial charge on any atom is -0.470 e. The topological polar surface area (TPSA) is 22.1 Å². The third kappa shape index (κ3) is 3.23. The molecule has 18 heavy (non-hydrogen) atoms. The van der Waals surface area contributed by atoms with E-state index in [0.29, 0.717) is 11.8 Å². The lowest BCUT2D eigenvalue weighted by Crippen LogP contribution is -2.05. The number of aromatic nitrogens is 1. The fourth-order valence-electron chi connectivity index (χ4n) is 1.82. The number of benzene rings is 1. The van der Waals surface area contributed by atoms with Gasteiger partial charge in [-0.2, -0.15) is 0 Å². The molecule has 2 rings (SSSR count). The Kier molecular flexibility index (Phi) is 4.21. The molecular weight excluding hydrogens is 246 g/mol. The monoisotopic (exact) mass is 261 g/mol. The molecule has 0 spiro atoms. The van der Waals surface area contributed by atoms with Gasteiger partial charge in [0.05, 0.1) is 0 Å². The third-order valence-corrected chi connectivity index (χ3v) is 3.02. The first kappa shape index (κ1) is 12.9. The van der Waals surface area contributed by atoms with Crippen molar-refractivity contribution in [1.29, 1.82) is 0 Å². The Hall–Kier alpha value is -1.54. The van der Waals surface area contributed by atoms with Crippen LogP contribution in [0.4, 0.5) is 0 Å². The molecule has 1 aromatic heterocycles. The average Bonchev–Trinajstić information content (AvgIpc) is 2.39. The van der Waals surface area contributed by atoms with Gasteiger partial charge in [0.25, 0.3) is 0 Å². The second kappa shape index (κ2) is 5.87. The SMILES string of the molecule is Cc1cc(CCl)cc(OC(C)c2ccccc2)n1. The molecule has 1 atom stereocenters. The summed E-state index contributed by atoms with van der Waals surface area (Å²) in [6.45, 7) is 3.95. The van der Waals surface area contributed by atoms with Crippen molar-refractivity contribution in [2.75, 3.05) is 0 Å². The van der Waals surface area contributed by atoms with E-state index < -0.39 is 0 Å². The van der Waals surface area contributed by atoms with Crippen LogP contribution in [0.15, 0.2) is 42.5 Å². The molecule has 0 fully saturated rings. The van der Waals surface area contributed by atoms with E-state index in [2.05, 4.69) is 4.98 Å². The van der Waals surface area contributed by atoms with Gasteiger partial charge in [-0.15, -0.1) is 11.6 Å². The summed E-state index contributed by atoms with van der Waals surface area (Å²) in [5, 5.41) is 0. The number of halogens is 1. The van der Waals surface area contributed by atoms with Crippen LogP contribution in [0, 0.1) is 6.92 Å². The first-order valence-corrected chi connectivity index (χ1v) is 6.47. The predicted octanol–water partition coefficient (Wildman–Crippen LogP) is 4.27. The Bertz CT molecular complexity index is 513. The van der Waals surface area contributed by atoms with E-state index in [1.807, 2.05) is 56.3 Å². The van der Waals surface area contributed by atoms with Crippen molar-refractivity contribution < 1.29 is 4.74 Å². The molecule has 0 radical (unpaired) electrons. The van der Waals surface area contributed by atoms with Crippen LogP contribution < -0.4 is 4.74 Å². The molecule has 0 aliphatic heterocycles. The van der Waals surface area contributed by atoms with Gasteiger partial charge in [0.1, 0.15) is 6.10 Å². The summed E-state index contributed by atoms with van der Waals surface area (Å²) in [4.78, 5) is 4.37. The molecule has 1 unspecified atom stereocenters. The van der Waals surface area contributed by atoms with Crippen LogP contribution in [0.2, 0.25) is 0 Å². The molecule has 2 aromatic rings. The maximum absolute atomic E-state index is 5.85. The molecule has 0 aliphatic carbocycles. The number of alkyl halides is 1. The highest BCUT2D eigenvalue weighted by Gasteiger charge is 2.08. The van der Waals surface area contributed by atoms with Crippen molar-refractivity contribution in [2.24, 2.45) is 0 Å². The van der Waals surface area contributed by atoms with Gasteiger partial charge in [-0.3, -0.25) is 0 Å². The van der Waals surface area contributed by atoms with Gasteiger partial charge >= 0.3 is 0 Å². The van der Waals surface area contributed by atoms with E-state index in [1.54, 1.807) is 0 Å². The smallest absolute Gasteiger partial charge is 0.214 e. The fraction of sp³-hybridized carbons (Fsp3) is 0.267. The van der Waals surface area contributed by atoms with Crippen molar-refractivity contribution in [1.82, 2.24) is 4.98 Å². The Morgan fingerprint density at radius 1 is 1.22 bits per heavy atom. The molecule has 0 amide bonds. The Morgan fingerprint density at radius 3 is 2.61 bits per heavy atom. The van der Waals surface area contributed by atoms with E-state index in [4.69, 9.17) is 16.3 Å². The molecule has 1 aromatic carbocycles. The molecule has 1 heterocycles. The van der Waals surface area contributed by atoms with Crippen molar-refractivity contribution >= 4 is 11.6 Å². The largest absolute Gasteiger partial charge is 0.470 e. The van der Waals surface area contributed by atoms with E-state index in [1.165, 1.54) is 0 Å². The number of aryl methyl sites for hydroxylation is 1. The average molecular weight is 262 g/mol. The molecule has 0 aliphatic rings. The first-order chi connectivity index (χ1) is 8.69. The predicted molar refractivity (Wildman–Crippen MR) is 74.0 cm³/mol. The van der Waals surface area contributed by atoms with E-state index in [9.17, 15) is 0 Å². The number of ether oxygens (including phenoxy) is 1. The van der Waals surface area contributed by atoms with Gasteiger partial charge in [-0.05, 0) is 31.0 Å². The van der Waals surface area contributed by atoms with Gasteiger partial charge in [0, 0.05) is 17.6 Å². The van der Waals surface area contributed by atoms with Gasteiger partial charge < -0.3 is 4.74 Å². The maximum atomic E-state index is 5.85. The molecular formula is C15H16ClNO. The number of pyridine rings is 1. The Labute approximate surface area is 113 Å². The zero-order valence-electron chi connectivity index (χ0n) is 10.6. The van der Waals surface area contributed by atoms with Crippen LogP contribution in [-0.2, 0) is 5.88 Å². The fourth-order valence-corrected chi connectivity index (χ4v) is 1.97. The highest BCUT2D eigenvalue weighted by molar-refractivity contribution is 6.17. The van der Waals surface area contributed by atoms with Crippen LogP contribution in [0.3, 0.4) is 0 Å². The minimum atomic E-state index is -0.0244. The molecule has 0 N–H and O–H groups in total. The molecule has 0 saturated carbocycles. The normalized spacial score (nSPS) is 12.2. The summed E-state index contributed by atoms with van der Waals surface area (Å²) in [6.07, 6.45) is -0.0244. The minimum absolute atomic E-state index is 0.0244. The van der Waals surface area contributed by atoms with Crippen molar-refractivity contribution in [3.8, 4) is 5.88 Å². The van der Waals surface area contributed by atoms with Gasteiger partial charge in [0.15, 0.2) is 0 Å². The molecule has 94 valence electrons. The first-order valence-electron chi connectivity index (χ1n) is 5.94. The Morgan fingerprint density at radius 2 is 1.94 bits per heavy atom. The molecule has 2 nitrogen and oxygen atoms in total.